The number of piperidine rings is 1. The number of hydrogen-bond acceptors (Lipinski definition) is 4. The van der Waals surface area contributed by atoms with Crippen molar-refractivity contribution in [3.63, 3.8) is 0 Å². The largest absolute Gasteiger partial charge is 0.366 e. The van der Waals surface area contributed by atoms with Crippen LogP contribution in [0.1, 0.15) is 30.4 Å². The summed E-state index contributed by atoms with van der Waals surface area (Å²) in [6.07, 6.45) is 3.18. The van der Waals surface area contributed by atoms with Crippen LogP contribution >= 0.6 is 0 Å². The van der Waals surface area contributed by atoms with E-state index in [1.807, 2.05) is 30.3 Å². The molecule has 0 aliphatic carbocycles. The van der Waals surface area contributed by atoms with Crippen molar-refractivity contribution in [1.82, 2.24) is 4.90 Å². The molecule has 0 radical (unpaired) electrons. The zero-order valence-corrected chi connectivity index (χ0v) is 14.9. The molecule has 5 heteroatoms. The summed E-state index contributed by atoms with van der Waals surface area (Å²) >= 11 is 0. The van der Waals surface area contributed by atoms with Crippen molar-refractivity contribution in [2.75, 3.05) is 18.0 Å². The molecule has 2 aliphatic rings. The van der Waals surface area contributed by atoms with Gasteiger partial charge in [0.15, 0.2) is 0 Å². The van der Waals surface area contributed by atoms with E-state index in [1.165, 1.54) is 4.90 Å². The number of amides is 2. The molecule has 0 aromatic heterocycles. The van der Waals surface area contributed by atoms with Crippen molar-refractivity contribution in [3.8, 4) is 6.07 Å². The number of nitrogens with zero attached hydrogens (tertiary/aromatic N) is 3. The summed E-state index contributed by atoms with van der Waals surface area (Å²) in [4.78, 5) is 29.9. The Bertz CT molecular complexity index is 949. The SMILES string of the molecule is N#Cc1ccc(N2C(=O)C(c3ccccc3)=C(N3CCCCC3)C2=O)cc1. The molecule has 2 aliphatic heterocycles. The van der Waals surface area contributed by atoms with E-state index in [-0.39, 0.29) is 11.8 Å². The molecule has 0 atom stereocenters. The molecule has 2 aromatic carbocycles. The van der Waals surface area contributed by atoms with Crippen LogP contribution in [0.15, 0.2) is 60.3 Å². The van der Waals surface area contributed by atoms with E-state index in [4.69, 9.17) is 5.26 Å². The topological polar surface area (TPSA) is 64.4 Å². The Kier molecular flexibility index (Phi) is 4.47. The number of hydrogen-bond donors (Lipinski definition) is 0. The second-order valence-corrected chi connectivity index (χ2v) is 6.74. The lowest BCUT2D eigenvalue weighted by Crippen LogP contribution is -2.37. The molecule has 0 bridgehead atoms. The number of imide groups is 1. The van der Waals surface area contributed by atoms with Gasteiger partial charge >= 0.3 is 0 Å². The average molecular weight is 357 g/mol. The fraction of sp³-hybridized carbons (Fsp3) is 0.227. The molecular formula is C22H19N3O2. The van der Waals surface area contributed by atoms with Crippen LogP contribution in [0.2, 0.25) is 0 Å². The van der Waals surface area contributed by atoms with Gasteiger partial charge in [-0.3, -0.25) is 9.59 Å². The van der Waals surface area contributed by atoms with Gasteiger partial charge in [0.1, 0.15) is 5.70 Å². The Balaban J connectivity index is 1.80. The number of carbonyl (C=O) groups excluding carboxylic acids is 2. The molecule has 27 heavy (non-hydrogen) atoms. The maximum atomic E-state index is 13.3. The van der Waals surface area contributed by atoms with Crippen molar-refractivity contribution in [3.05, 3.63) is 71.4 Å². The standard InChI is InChI=1S/C22H19N3O2/c23-15-16-9-11-18(12-10-16)25-21(26)19(17-7-3-1-4-8-17)20(22(25)27)24-13-5-2-6-14-24/h1,3-4,7-12H,2,5-6,13-14H2. The van der Waals surface area contributed by atoms with E-state index in [0.717, 1.165) is 37.9 Å². The summed E-state index contributed by atoms with van der Waals surface area (Å²) in [6, 6.07) is 18.0. The second-order valence-electron chi connectivity index (χ2n) is 6.74. The normalized spacial score (nSPS) is 17.4. The molecular weight excluding hydrogens is 338 g/mol. The maximum Gasteiger partial charge on any atom is 0.282 e. The molecule has 0 saturated carbocycles. The Morgan fingerprint density at radius 2 is 1.48 bits per heavy atom. The van der Waals surface area contributed by atoms with Gasteiger partial charge < -0.3 is 4.90 Å². The predicted octanol–water partition coefficient (Wildman–Crippen LogP) is 3.33. The molecule has 1 saturated heterocycles. The molecule has 5 nitrogen and oxygen atoms in total. The van der Waals surface area contributed by atoms with E-state index in [9.17, 15) is 9.59 Å². The highest BCUT2D eigenvalue weighted by molar-refractivity contribution is 6.45. The average Bonchev–Trinajstić information content (AvgIpc) is 2.99. The number of rotatable bonds is 3. The fourth-order valence-corrected chi connectivity index (χ4v) is 3.71. The van der Waals surface area contributed by atoms with Crippen LogP contribution in [0.5, 0.6) is 0 Å². The minimum Gasteiger partial charge on any atom is -0.366 e. The summed E-state index contributed by atoms with van der Waals surface area (Å²) in [6.45, 7) is 1.57. The third kappa shape index (κ3) is 3.00. The smallest absolute Gasteiger partial charge is 0.282 e. The van der Waals surface area contributed by atoms with Crippen LogP contribution in [-0.2, 0) is 9.59 Å². The minimum absolute atomic E-state index is 0.287. The lowest BCUT2D eigenvalue weighted by atomic mass is 10.0. The zero-order chi connectivity index (χ0) is 18.8. The first-order chi connectivity index (χ1) is 13.2. The first-order valence-corrected chi connectivity index (χ1v) is 9.14. The predicted molar refractivity (Wildman–Crippen MR) is 102 cm³/mol. The van der Waals surface area contributed by atoms with Gasteiger partial charge in [-0.1, -0.05) is 30.3 Å². The highest BCUT2D eigenvalue weighted by atomic mass is 16.2. The number of benzene rings is 2. The first-order valence-electron chi connectivity index (χ1n) is 9.14. The molecule has 1 fully saturated rings. The number of anilines is 1. The minimum atomic E-state index is -0.309. The van der Waals surface area contributed by atoms with Gasteiger partial charge in [0.2, 0.25) is 0 Å². The number of nitriles is 1. The number of likely N-dealkylation sites (tertiary alicyclic amines) is 1. The second kappa shape index (κ2) is 7.08. The maximum absolute atomic E-state index is 13.3. The van der Waals surface area contributed by atoms with Crippen LogP contribution in [-0.4, -0.2) is 29.8 Å². The van der Waals surface area contributed by atoms with E-state index in [2.05, 4.69) is 11.0 Å². The monoisotopic (exact) mass is 357 g/mol. The van der Waals surface area contributed by atoms with Crippen molar-refractivity contribution < 1.29 is 9.59 Å². The van der Waals surface area contributed by atoms with Gasteiger partial charge in [-0.25, -0.2) is 4.90 Å². The molecule has 2 heterocycles. The van der Waals surface area contributed by atoms with Crippen molar-refractivity contribution in [1.29, 1.82) is 5.26 Å². The molecule has 0 spiro atoms. The molecule has 0 N–H and O–H groups in total. The van der Waals surface area contributed by atoms with Gasteiger partial charge in [0, 0.05) is 13.1 Å². The van der Waals surface area contributed by atoms with Crippen LogP contribution in [0.3, 0.4) is 0 Å². The van der Waals surface area contributed by atoms with Gasteiger partial charge in [0.05, 0.1) is 22.9 Å². The van der Waals surface area contributed by atoms with Gasteiger partial charge in [-0.05, 0) is 49.1 Å². The van der Waals surface area contributed by atoms with Gasteiger partial charge in [0.25, 0.3) is 11.8 Å². The summed E-state index contributed by atoms with van der Waals surface area (Å²) in [5.74, 6) is -0.595. The van der Waals surface area contributed by atoms with E-state index in [0.29, 0.717) is 22.5 Å². The summed E-state index contributed by atoms with van der Waals surface area (Å²) in [7, 11) is 0. The lowest BCUT2D eigenvalue weighted by molar-refractivity contribution is -0.120. The third-order valence-corrected chi connectivity index (χ3v) is 5.05. The van der Waals surface area contributed by atoms with Crippen molar-refractivity contribution >= 4 is 23.1 Å². The van der Waals surface area contributed by atoms with Gasteiger partial charge in [-0.15, -0.1) is 0 Å². The van der Waals surface area contributed by atoms with Crippen molar-refractivity contribution in [2.45, 2.75) is 19.3 Å². The fourth-order valence-electron chi connectivity index (χ4n) is 3.71. The number of carbonyl (C=O) groups is 2. The van der Waals surface area contributed by atoms with E-state index < -0.39 is 0 Å². The van der Waals surface area contributed by atoms with Crippen LogP contribution in [0.4, 0.5) is 5.69 Å². The van der Waals surface area contributed by atoms with E-state index >= 15 is 0 Å². The Morgan fingerprint density at radius 1 is 0.815 bits per heavy atom. The molecule has 4 rings (SSSR count). The van der Waals surface area contributed by atoms with Gasteiger partial charge in [-0.2, -0.15) is 5.26 Å². The molecule has 2 aromatic rings. The van der Waals surface area contributed by atoms with Crippen LogP contribution in [0.25, 0.3) is 5.57 Å². The Morgan fingerprint density at radius 3 is 2.11 bits per heavy atom. The zero-order valence-electron chi connectivity index (χ0n) is 14.9. The highest BCUT2D eigenvalue weighted by Gasteiger charge is 2.42. The Labute approximate surface area is 158 Å². The summed E-state index contributed by atoms with van der Waals surface area (Å²) in [5.41, 5.74) is 2.70. The third-order valence-electron chi connectivity index (χ3n) is 5.05. The molecule has 0 unspecified atom stereocenters. The van der Waals surface area contributed by atoms with Crippen LogP contribution < -0.4 is 4.90 Å². The summed E-state index contributed by atoms with van der Waals surface area (Å²) in [5, 5.41) is 8.99. The molecule has 2 amide bonds. The highest BCUT2D eigenvalue weighted by Crippen LogP contribution is 2.35. The Hall–Kier alpha value is -3.39. The van der Waals surface area contributed by atoms with Crippen LogP contribution in [0, 0.1) is 11.3 Å². The quantitative estimate of drug-likeness (QED) is 0.791. The first kappa shape index (κ1) is 17.0. The van der Waals surface area contributed by atoms with E-state index in [1.54, 1.807) is 24.3 Å². The lowest BCUT2D eigenvalue weighted by Gasteiger charge is -2.29. The summed E-state index contributed by atoms with van der Waals surface area (Å²) < 4.78 is 0. The molecule has 134 valence electrons. The van der Waals surface area contributed by atoms with Crippen molar-refractivity contribution in [2.24, 2.45) is 0 Å².